The average molecular weight is 384 g/mol. The number of nitrogens with one attached hydrogen (secondary N) is 1. The van der Waals surface area contributed by atoms with Crippen LogP contribution in [0.2, 0.25) is 5.02 Å². The topological polar surface area (TPSA) is 63.1 Å². The maximum Gasteiger partial charge on any atom is 0.225 e. The summed E-state index contributed by atoms with van der Waals surface area (Å²) in [7, 11) is 0. The van der Waals surface area contributed by atoms with Crippen LogP contribution in [0.1, 0.15) is 12.8 Å². The minimum absolute atomic E-state index is 0.0293. The number of anilines is 1. The van der Waals surface area contributed by atoms with Gasteiger partial charge in [0.25, 0.3) is 0 Å². The second kappa shape index (κ2) is 7.96. The van der Waals surface area contributed by atoms with Crippen molar-refractivity contribution in [2.45, 2.75) is 19.4 Å². The Bertz CT molecular complexity index is 927. The van der Waals surface area contributed by atoms with Gasteiger partial charge in [-0.05, 0) is 42.5 Å². The molecule has 7 heteroatoms. The molecule has 1 saturated heterocycles. The standard InChI is InChI=1S/C20H22ClN5O/c21-17-5-4-15-6-11-25(18(15)13-17)12-9-22-19(27)16-3-1-10-26(14-16)20-23-7-2-8-24-20/h2,4-8,11,13,16H,1,3,9-10,12,14H2,(H,22,27). The third-order valence-corrected chi connectivity index (χ3v) is 5.25. The summed E-state index contributed by atoms with van der Waals surface area (Å²) in [6.07, 6.45) is 7.37. The van der Waals surface area contributed by atoms with Crippen LogP contribution < -0.4 is 10.2 Å². The van der Waals surface area contributed by atoms with Crippen LogP contribution in [-0.4, -0.2) is 40.1 Å². The van der Waals surface area contributed by atoms with Crippen molar-refractivity contribution < 1.29 is 4.79 Å². The van der Waals surface area contributed by atoms with Gasteiger partial charge < -0.3 is 14.8 Å². The largest absolute Gasteiger partial charge is 0.354 e. The number of hydrogen-bond donors (Lipinski definition) is 1. The number of amides is 1. The van der Waals surface area contributed by atoms with E-state index < -0.39 is 0 Å². The molecule has 3 heterocycles. The van der Waals surface area contributed by atoms with Gasteiger partial charge in [-0.1, -0.05) is 17.7 Å². The van der Waals surface area contributed by atoms with Gasteiger partial charge in [-0.15, -0.1) is 0 Å². The number of carbonyl (C=O) groups excluding carboxylic acids is 1. The molecule has 27 heavy (non-hydrogen) atoms. The molecule has 2 aromatic heterocycles. The Morgan fingerprint density at radius 3 is 2.96 bits per heavy atom. The van der Waals surface area contributed by atoms with Crippen molar-refractivity contribution in [2.75, 3.05) is 24.5 Å². The van der Waals surface area contributed by atoms with Gasteiger partial charge in [0, 0.05) is 55.3 Å². The molecule has 0 saturated carbocycles. The fourth-order valence-electron chi connectivity index (χ4n) is 3.62. The second-order valence-corrected chi connectivity index (χ2v) is 7.27. The van der Waals surface area contributed by atoms with Crippen LogP contribution in [0.5, 0.6) is 0 Å². The van der Waals surface area contributed by atoms with Crippen LogP contribution in [-0.2, 0) is 11.3 Å². The van der Waals surface area contributed by atoms with E-state index in [0.29, 0.717) is 25.6 Å². The molecule has 1 atom stereocenters. The molecule has 1 unspecified atom stereocenters. The van der Waals surface area contributed by atoms with Crippen LogP contribution in [0.15, 0.2) is 48.9 Å². The first-order chi connectivity index (χ1) is 13.2. The monoisotopic (exact) mass is 383 g/mol. The Morgan fingerprint density at radius 1 is 1.26 bits per heavy atom. The molecule has 1 N–H and O–H groups in total. The lowest BCUT2D eigenvalue weighted by Crippen LogP contribution is -2.44. The lowest BCUT2D eigenvalue weighted by molar-refractivity contribution is -0.125. The van der Waals surface area contributed by atoms with Gasteiger partial charge in [0.2, 0.25) is 11.9 Å². The third kappa shape index (κ3) is 4.06. The summed E-state index contributed by atoms with van der Waals surface area (Å²) in [4.78, 5) is 23.3. The zero-order valence-electron chi connectivity index (χ0n) is 15.0. The van der Waals surface area contributed by atoms with Crippen LogP contribution in [0.4, 0.5) is 5.95 Å². The van der Waals surface area contributed by atoms with E-state index in [9.17, 15) is 4.79 Å². The molecule has 6 nitrogen and oxygen atoms in total. The van der Waals surface area contributed by atoms with E-state index in [-0.39, 0.29) is 11.8 Å². The predicted molar refractivity (Wildman–Crippen MR) is 107 cm³/mol. The van der Waals surface area contributed by atoms with Crippen molar-refractivity contribution in [3.05, 3.63) is 53.9 Å². The van der Waals surface area contributed by atoms with Crippen LogP contribution in [0.3, 0.4) is 0 Å². The first-order valence-electron chi connectivity index (χ1n) is 9.25. The van der Waals surface area contributed by atoms with Crippen molar-refractivity contribution in [1.82, 2.24) is 19.9 Å². The number of halogens is 1. The maximum absolute atomic E-state index is 12.6. The van der Waals surface area contributed by atoms with Crippen molar-refractivity contribution in [1.29, 1.82) is 0 Å². The average Bonchev–Trinajstić information content (AvgIpc) is 3.11. The van der Waals surface area contributed by atoms with E-state index in [2.05, 4.69) is 30.8 Å². The molecule has 0 aliphatic carbocycles. The quantitative estimate of drug-likeness (QED) is 0.735. The van der Waals surface area contributed by atoms with Gasteiger partial charge in [0.05, 0.1) is 5.92 Å². The first-order valence-corrected chi connectivity index (χ1v) is 9.62. The highest BCUT2D eigenvalue weighted by Gasteiger charge is 2.26. The number of carbonyl (C=O) groups is 1. The van der Waals surface area contributed by atoms with Crippen molar-refractivity contribution in [3.8, 4) is 0 Å². The fourth-order valence-corrected chi connectivity index (χ4v) is 3.79. The summed E-state index contributed by atoms with van der Waals surface area (Å²) >= 11 is 6.10. The Labute approximate surface area is 163 Å². The SMILES string of the molecule is O=C(NCCn1ccc2ccc(Cl)cc21)C1CCCN(c2ncccn2)C1. The summed E-state index contributed by atoms with van der Waals surface area (Å²) in [5.41, 5.74) is 1.09. The minimum atomic E-state index is -0.0293. The zero-order chi connectivity index (χ0) is 18.6. The van der Waals surface area contributed by atoms with Gasteiger partial charge in [-0.3, -0.25) is 4.79 Å². The first kappa shape index (κ1) is 17.8. The third-order valence-electron chi connectivity index (χ3n) is 5.02. The molecule has 140 valence electrons. The van der Waals surface area contributed by atoms with Crippen LogP contribution in [0.25, 0.3) is 10.9 Å². The molecule has 1 aliphatic heterocycles. The van der Waals surface area contributed by atoms with Gasteiger partial charge in [-0.25, -0.2) is 9.97 Å². The molecule has 3 aromatic rings. The lowest BCUT2D eigenvalue weighted by Gasteiger charge is -2.31. The minimum Gasteiger partial charge on any atom is -0.354 e. The summed E-state index contributed by atoms with van der Waals surface area (Å²) in [5.74, 6) is 0.772. The molecular formula is C20H22ClN5O. The summed E-state index contributed by atoms with van der Waals surface area (Å²) < 4.78 is 2.12. The molecule has 4 rings (SSSR count). The van der Waals surface area contributed by atoms with E-state index in [1.807, 2.05) is 24.4 Å². The number of piperidine rings is 1. The van der Waals surface area contributed by atoms with E-state index in [1.54, 1.807) is 18.5 Å². The van der Waals surface area contributed by atoms with Crippen molar-refractivity contribution in [2.24, 2.45) is 5.92 Å². The summed E-state index contributed by atoms with van der Waals surface area (Å²) in [6, 6.07) is 9.72. The highest BCUT2D eigenvalue weighted by atomic mass is 35.5. The molecule has 1 fully saturated rings. The number of benzene rings is 1. The molecule has 1 aromatic carbocycles. The fraction of sp³-hybridized carbons (Fsp3) is 0.350. The summed E-state index contributed by atoms with van der Waals surface area (Å²) in [6.45, 7) is 2.86. The number of fused-ring (bicyclic) bond motifs is 1. The lowest BCUT2D eigenvalue weighted by atomic mass is 9.97. The van der Waals surface area contributed by atoms with Crippen LogP contribution in [0, 0.1) is 5.92 Å². The molecule has 0 radical (unpaired) electrons. The molecular weight excluding hydrogens is 362 g/mol. The number of nitrogens with zero attached hydrogens (tertiary/aromatic N) is 4. The van der Waals surface area contributed by atoms with Crippen LogP contribution >= 0.6 is 11.6 Å². The van der Waals surface area contributed by atoms with E-state index in [4.69, 9.17) is 11.6 Å². The van der Waals surface area contributed by atoms with Gasteiger partial charge >= 0.3 is 0 Å². The van der Waals surface area contributed by atoms with E-state index in [1.165, 1.54) is 0 Å². The Balaban J connectivity index is 1.33. The number of rotatable bonds is 5. The van der Waals surface area contributed by atoms with E-state index in [0.717, 1.165) is 35.3 Å². The van der Waals surface area contributed by atoms with Gasteiger partial charge in [0.15, 0.2) is 0 Å². The van der Waals surface area contributed by atoms with Gasteiger partial charge in [-0.2, -0.15) is 0 Å². The Morgan fingerprint density at radius 2 is 2.11 bits per heavy atom. The predicted octanol–water partition coefficient (Wildman–Crippen LogP) is 3.12. The summed E-state index contributed by atoms with van der Waals surface area (Å²) in [5, 5.41) is 4.95. The second-order valence-electron chi connectivity index (χ2n) is 6.84. The number of hydrogen-bond acceptors (Lipinski definition) is 4. The van der Waals surface area contributed by atoms with E-state index >= 15 is 0 Å². The molecule has 1 amide bonds. The normalized spacial score (nSPS) is 17.2. The zero-order valence-corrected chi connectivity index (χ0v) is 15.8. The molecule has 0 spiro atoms. The highest BCUT2D eigenvalue weighted by Crippen LogP contribution is 2.21. The van der Waals surface area contributed by atoms with Crippen molar-refractivity contribution >= 4 is 34.4 Å². The molecule has 1 aliphatic rings. The Hall–Kier alpha value is -2.60. The van der Waals surface area contributed by atoms with Crippen molar-refractivity contribution in [3.63, 3.8) is 0 Å². The highest BCUT2D eigenvalue weighted by molar-refractivity contribution is 6.31. The Kier molecular flexibility index (Phi) is 5.25. The maximum atomic E-state index is 12.6. The smallest absolute Gasteiger partial charge is 0.225 e. The molecule has 0 bridgehead atoms. The number of aromatic nitrogens is 3. The van der Waals surface area contributed by atoms with Gasteiger partial charge in [0.1, 0.15) is 0 Å².